The highest BCUT2D eigenvalue weighted by Gasteiger charge is 2.10. The quantitative estimate of drug-likeness (QED) is 0.349. The molecule has 3 N–H and O–H groups in total. The van der Waals surface area contributed by atoms with E-state index in [0.717, 1.165) is 32.8 Å². The zero-order chi connectivity index (χ0) is 11.0. The molecule has 84 valence electrons. The van der Waals surface area contributed by atoms with Crippen molar-refractivity contribution in [3.8, 4) is 0 Å². The Labute approximate surface area is 86.9 Å². The highest BCUT2D eigenvalue weighted by atomic mass is 16.5. The van der Waals surface area contributed by atoms with Gasteiger partial charge in [0.05, 0.1) is 12.4 Å². The van der Waals surface area contributed by atoms with Gasteiger partial charge in [-0.2, -0.15) is 0 Å². The summed E-state index contributed by atoms with van der Waals surface area (Å²) in [6, 6.07) is 0. The second-order valence-electron chi connectivity index (χ2n) is 3.45. The van der Waals surface area contributed by atoms with Gasteiger partial charge in [0.15, 0.2) is 0 Å². The number of likely N-dealkylation sites (N-methyl/N-ethyl adjacent to an activating group) is 1. The van der Waals surface area contributed by atoms with E-state index < -0.39 is 0 Å². The third-order valence-corrected chi connectivity index (χ3v) is 2.27. The SMILES string of the molecule is CCOCCN(CC)CC(C)C(=N)N. The maximum Gasteiger partial charge on any atom is 0.0947 e. The molecule has 0 rings (SSSR count). The van der Waals surface area contributed by atoms with Crippen LogP contribution >= 0.6 is 0 Å². The van der Waals surface area contributed by atoms with Crippen LogP contribution in [0, 0.1) is 11.3 Å². The average molecular weight is 201 g/mol. The van der Waals surface area contributed by atoms with Crippen LogP contribution in [-0.4, -0.2) is 43.6 Å². The second-order valence-corrected chi connectivity index (χ2v) is 3.45. The van der Waals surface area contributed by atoms with E-state index in [-0.39, 0.29) is 11.8 Å². The van der Waals surface area contributed by atoms with E-state index in [0.29, 0.717) is 0 Å². The first-order chi connectivity index (χ1) is 6.61. The Balaban J connectivity index is 3.72. The number of hydrogen-bond donors (Lipinski definition) is 2. The van der Waals surface area contributed by atoms with Crippen molar-refractivity contribution >= 4 is 5.84 Å². The van der Waals surface area contributed by atoms with Crippen LogP contribution in [0.3, 0.4) is 0 Å². The topological polar surface area (TPSA) is 62.3 Å². The van der Waals surface area contributed by atoms with Crippen LogP contribution in [0.15, 0.2) is 0 Å². The Hall–Kier alpha value is -0.610. The number of nitrogens with zero attached hydrogens (tertiary/aromatic N) is 1. The predicted octanol–water partition coefficient (Wildman–Crippen LogP) is 0.917. The van der Waals surface area contributed by atoms with E-state index >= 15 is 0 Å². The number of amidine groups is 1. The molecule has 0 amide bonds. The van der Waals surface area contributed by atoms with Crippen molar-refractivity contribution in [2.24, 2.45) is 11.7 Å². The van der Waals surface area contributed by atoms with Crippen LogP contribution in [0.1, 0.15) is 20.8 Å². The smallest absolute Gasteiger partial charge is 0.0947 e. The Kier molecular flexibility index (Phi) is 7.42. The zero-order valence-electron chi connectivity index (χ0n) is 9.55. The Morgan fingerprint density at radius 1 is 1.50 bits per heavy atom. The molecule has 0 fully saturated rings. The lowest BCUT2D eigenvalue weighted by Gasteiger charge is -2.23. The summed E-state index contributed by atoms with van der Waals surface area (Å²) in [4.78, 5) is 2.25. The molecule has 0 aliphatic heterocycles. The molecule has 0 spiro atoms. The van der Waals surface area contributed by atoms with Gasteiger partial charge in [0, 0.05) is 25.6 Å². The maximum absolute atomic E-state index is 7.30. The van der Waals surface area contributed by atoms with Crippen molar-refractivity contribution in [2.75, 3.05) is 32.8 Å². The summed E-state index contributed by atoms with van der Waals surface area (Å²) in [6.45, 7) is 10.3. The molecule has 0 aromatic heterocycles. The molecule has 0 aliphatic carbocycles. The van der Waals surface area contributed by atoms with Crippen LogP contribution in [0.5, 0.6) is 0 Å². The van der Waals surface area contributed by atoms with Crippen LogP contribution in [-0.2, 0) is 4.74 Å². The van der Waals surface area contributed by atoms with Crippen LogP contribution in [0.2, 0.25) is 0 Å². The van der Waals surface area contributed by atoms with Gasteiger partial charge in [-0.25, -0.2) is 0 Å². The summed E-state index contributed by atoms with van der Waals surface area (Å²) in [5.74, 6) is 0.399. The van der Waals surface area contributed by atoms with Gasteiger partial charge >= 0.3 is 0 Å². The molecule has 0 aromatic rings. The summed E-state index contributed by atoms with van der Waals surface area (Å²) in [6.07, 6.45) is 0. The minimum Gasteiger partial charge on any atom is -0.387 e. The fourth-order valence-electron chi connectivity index (χ4n) is 1.20. The monoisotopic (exact) mass is 201 g/mol. The predicted molar refractivity (Wildman–Crippen MR) is 59.7 cm³/mol. The molecule has 4 heteroatoms. The van der Waals surface area contributed by atoms with Gasteiger partial charge < -0.3 is 15.4 Å². The number of hydrogen-bond acceptors (Lipinski definition) is 3. The highest BCUT2D eigenvalue weighted by Crippen LogP contribution is 1.99. The molecule has 1 atom stereocenters. The second kappa shape index (κ2) is 7.76. The van der Waals surface area contributed by atoms with Gasteiger partial charge in [0.25, 0.3) is 0 Å². The number of rotatable bonds is 8. The number of nitrogens with two attached hydrogens (primary N) is 1. The van der Waals surface area contributed by atoms with Gasteiger partial charge in [-0.1, -0.05) is 13.8 Å². The lowest BCUT2D eigenvalue weighted by molar-refractivity contribution is 0.113. The zero-order valence-corrected chi connectivity index (χ0v) is 9.55. The largest absolute Gasteiger partial charge is 0.387 e. The Morgan fingerprint density at radius 3 is 2.57 bits per heavy atom. The molecule has 1 unspecified atom stereocenters. The summed E-state index contributed by atoms with van der Waals surface area (Å²) in [7, 11) is 0. The standard InChI is InChI=1S/C10H23N3O/c1-4-13(6-7-14-5-2)8-9(3)10(11)12/h9H,4-8H2,1-3H3,(H3,11,12). The van der Waals surface area contributed by atoms with Gasteiger partial charge in [-0.15, -0.1) is 0 Å². The molecule has 0 aromatic carbocycles. The molecule has 14 heavy (non-hydrogen) atoms. The molecule has 0 radical (unpaired) electrons. The van der Waals surface area contributed by atoms with Crippen LogP contribution in [0.4, 0.5) is 0 Å². The third kappa shape index (κ3) is 5.94. The Bertz CT molecular complexity index is 161. The first-order valence-corrected chi connectivity index (χ1v) is 5.25. The van der Waals surface area contributed by atoms with Gasteiger partial charge in [0.2, 0.25) is 0 Å². The molecule has 0 heterocycles. The average Bonchev–Trinajstić information content (AvgIpc) is 2.16. The summed E-state index contributed by atoms with van der Waals surface area (Å²) in [5, 5.41) is 7.30. The molecule has 0 aliphatic rings. The Morgan fingerprint density at radius 2 is 2.14 bits per heavy atom. The minimum atomic E-state index is 0.136. The molecule has 0 saturated heterocycles. The van der Waals surface area contributed by atoms with E-state index in [1.165, 1.54) is 0 Å². The third-order valence-electron chi connectivity index (χ3n) is 2.27. The lowest BCUT2D eigenvalue weighted by Crippen LogP contribution is -2.36. The minimum absolute atomic E-state index is 0.136. The van der Waals surface area contributed by atoms with E-state index in [4.69, 9.17) is 15.9 Å². The molecular weight excluding hydrogens is 178 g/mol. The van der Waals surface area contributed by atoms with Gasteiger partial charge in [-0.3, -0.25) is 5.41 Å². The van der Waals surface area contributed by atoms with Crippen LogP contribution in [0.25, 0.3) is 0 Å². The van der Waals surface area contributed by atoms with Crippen LogP contribution < -0.4 is 5.73 Å². The van der Waals surface area contributed by atoms with Crippen molar-refractivity contribution in [1.82, 2.24) is 4.90 Å². The van der Waals surface area contributed by atoms with E-state index in [2.05, 4.69) is 11.8 Å². The summed E-state index contributed by atoms with van der Waals surface area (Å²) < 4.78 is 5.28. The lowest BCUT2D eigenvalue weighted by atomic mass is 10.1. The van der Waals surface area contributed by atoms with Crippen molar-refractivity contribution < 1.29 is 4.74 Å². The molecule has 4 nitrogen and oxygen atoms in total. The molecule has 0 bridgehead atoms. The van der Waals surface area contributed by atoms with E-state index in [1.54, 1.807) is 0 Å². The molecular formula is C10H23N3O. The summed E-state index contributed by atoms with van der Waals surface area (Å²) in [5.41, 5.74) is 5.42. The van der Waals surface area contributed by atoms with Gasteiger partial charge in [0.1, 0.15) is 0 Å². The maximum atomic E-state index is 7.30. The van der Waals surface area contributed by atoms with Crippen molar-refractivity contribution in [3.63, 3.8) is 0 Å². The first-order valence-electron chi connectivity index (χ1n) is 5.25. The summed E-state index contributed by atoms with van der Waals surface area (Å²) >= 11 is 0. The number of ether oxygens (including phenoxy) is 1. The van der Waals surface area contributed by atoms with Crippen molar-refractivity contribution in [1.29, 1.82) is 5.41 Å². The van der Waals surface area contributed by atoms with Crippen molar-refractivity contribution in [2.45, 2.75) is 20.8 Å². The van der Waals surface area contributed by atoms with E-state index in [9.17, 15) is 0 Å². The first kappa shape index (κ1) is 13.4. The molecule has 0 saturated carbocycles. The van der Waals surface area contributed by atoms with E-state index in [1.807, 2.05) is 13.8 Å². The normalized spacial score (nSPS) is 13.1. The highest BCUT2D eigenvalue weighted by molar-refractivity contribution is 5.79. The van der Waals surface area contributed by atoms with Crippen molar-refractivity contribution in [3.05, 3.63) is 0 Å². The van der Waals surface area contributed by atoms with Gasteiger partial charge in [-0.05, 0) is 13.5 Å². The number of nitrogens with one attached hydrogen (secondary N) is 1. The fourth-order valence-corrected chi connectivity index (χ4v) is 1.20. The fraction of sp³-hybridized carbons (Fsp3) is 0.900.